The molecule has 2 aromatic carbocycles. The fourth-order valence-electron chi connectivity index (χ4n) is 4.68. The summed E-state index contributed by atoms with van der Waals surface area (Å²) < 4.78 is 0. The van der Waals surface area contributed by atoms with Gasteiger partial charge in [0.15, 0.2) is 0 Å². The molecule has 1 heterocycles. The van der Waals surface area contributed by atoms with Gasteiger partial charge in [0.2, 0.25) is 11.8 Å². The Balaban J connectivity index is 1.71. The topological polar surface area (TPSA) is 66.6 Å². The lowest BCUT2D eigenvalue weighted by atomic mass is 9.95. The Kier molecular flexibility index (Phi) is 4.94. The number of rotatable bonds is 4. The summed E-state index contributed by atoms with van der Waals surface area (Å²) >= 11 is 0. The van der Waals surface area contributed by atoms with Crippen molar-refractivity contribution in [2.75, 3.05) is 19.6 Å². The molecule has 1 saturated heterocycles. The molecule has 5 nitrogen and oxygen atoms in total. The zero-order chi connectivity index (χ0) is 19.8. The second-order valence-electron chi connectivity index (χ2n) is 7.62. The van der Waals surface area contributed by atoms with Crippen molar-refractivity contribution in [1.82, 2.24) is 9.80 Å². The largest absolute Gasteiger partial charge is 0.341 e. The van der Waals surface area contributed by atoms with Gasteiger partial charge >= 0.3 is 0 Å². The van der Waals surface area contributed by atoms with Gasteiger partial charge < -0.3 is 15.5 Å². The number of carbonyl (C=O) groups excluding carboxylic acids is 2. The van der Waals surface area contributed by atoms with Crippen molar-refractivity contribution < 1.29 is 9.59 Å². The number of nitrogens with zero attached hydrogens (tertiary/aromatic N) is 2. The van der Waals surface area contributed by atoms with Crippen LogP contribution in [0.15, 0.2) is 48.5 Å². The molecule has 4 rings (SSSR count). The summed E-state index contributed by atoms with van der Waals surface area (Å²) in [7, 11) is 0. The summed E-state index contributed by atoms with van der Waals surface area (Å²) in [6.07, 6.45) is 0.525. The molecule has 0 saturated carbocycles. The van der Waals surface area contributed by atoms with Gasteiger partial charge in [-0.25, -0.2) is 0 Å². The van der Waals surface area contributed by atoms with Crippen molar-refractivity contribution in [1.29, 1.82) is 0 Å². The van der Waals surface area contributed by atoms with Gasteiger partial charge in [-0.15, -0.1) is 0 Å². The number of likely N-dealkylation sites (N-methyl/N-ethyl adjacent to an activating group) is 1. The lowest BCUT2D eigenvalue weighted by Crippen LogP contribution is -2.49. The molecule has 1 fully saturated rings. The fraction of sp³-hybridized carbons (Fsp3) is 0.391. The molecule has 1 aliphatic carbocycles. The monoisotopic (exact) mass is 377 g/mol. The molecule has 2 aliphatic rings. The van der Waals surface area contributed by atoms with Crippen molar-refractivity contribution >= 4 is 11.8 Å². The van der Waals surface area contributed by atoms with Crippen LogP contribution >= 0.6 is 0 Å². The Morgan fingerprint density at radius 2 is 1.54 bits per heavy atom. The first-order valence-corrected chi connectivity index (χ1v) is 10.1. The molecule has 0 radical (unpaired) electrons. The standard InChI is InChI=1S/C23H27N3O2/c1-3-25(4-2)22(27)20-13-15(24)14-26(20)23(28)21-18-11-7-5-9-16(18)17-10-6-8-12-19(17)21/h5-12,15,20-21H,3-4,13-14,24H2,1-2H3/t15-,20-/m0/s1. The average Bonchev–Trinajstić information content (AvgIpc) is 3.26. The molecular weight excluding hydrogens is 350 g/mol. The maximum Gasteiger partial charge on any atom is 0.245 e. The van der Waals surface area contributed by atoms with Crippen LogP contribution in [0.4, 0.5) is 0 Å². The molecule has 2 atom stereocenters. The van der Waals surface area contributed by atoms with Crippen LogP contribution in [0.25, 0.3) is 11.1 Å². The second-order valence-corrected chi connectivity index (χ2v) is 7.62. The van der Waals surface area contributed by atoms with Crippen LogP contribution in [0.1, 0.15) is 37.3 Å². The highest BCUT2D eigenvalue weighted by molar-refractivity contribution is 5.98. The van der Waals surface area contributed by atoms with Crippen molar-refractivity contribution in [3.8, 4) is 11.1 Å². The molecule has 146 valence electrons. The molecule has 2 N–H and O–H groups in total. The number of nitrogens with two attached hydrogens (primary N) is 1. The summed E-state index contributed by atoms with van der Waals surface area (Å²) in [6, 6.07) is 15.5. The maximum atomic E-state index is 13.7. The van der Waals surface area contributed by atoms with Crippen molar-refractivity contribution in [3.05, 3.63) is 59.7 Å². The van der Waals surface area contributed by atoms with Crippen LogP contribution in [-0.2, 0) is 9.59 Å². The molecule has 0 spiro atoms. The minimum Gasteiger partial charge on any atom is -0.341 e. The van der Waals surface area contributed by atoms with Crippen molar-refractivity contribution in [3.63, 3.8) is 0 Å². The van der Waals surface area contributed by atoms with E-state index < -0.39 is 6.04 Å². The minimum absolute atomic E-state index is 0.00543. The molecule has 2 amide bonds. The van der Waals surface area contributed by atoms with Gasteiger partial charge in [-0.3, -0.25) is 9.59 Å². The third-order valence-electron chi connectivity index (χ3n) is 6.06. The summed E-state index contributed by atoms with van der Waals surface area (Å²) in [5, 5.41) is 0. The zero-order valence-corrected chi connectivity index (χ0v) is 16.5. The van der Waals surface area contributed by atoms with E-state index in [2.05, 4.69) is 12.1 Å². The van der Waals surface area contributed by atoms with Gasteiger partial charge in [0.05, 0.1) is 5.92 Å². The highest BCUT2D eigenvalue weighted by Crippen LogP contribution is 2.45. The SMILES string of the molecule is CCN(CC)C(=O)[C@@H]1C[C@H](N)CN1C(=O)C1c2ccccc2-c2ccccc21. The number of hydrogen-bond acceptors (Lipinski definition) is 3. The van der Waals surface area contributed by atoms with E-state index in [0.29, 0.717) is 26.1 Å². The third kappa shape index (κ3) is 2.90. The predicted octanol–water partition coefficient (Wildman–Crippen LogP) is 2.60. The summed E-state index contributed by atoms with van der Waals surface area (Å²) in [4.78, 5) is 30.3. The molecule has 0 bridgehead atoms. The van der Waals surface area contributed by atoms with Crippen LogP contribution in [0.3, 0.4) is 0 Å². The zero-order valence-electron chi connectivity index (χ0n) is 16.5. The third-order valence-corrected chi connectivity index (χ3v) is 6.06. The molecule has 0 aromatic heterocycles. The van der Waals surface area contributed by atoms with E-state index in [9.17, 15) is 9.59 Å². The van der Waals surface area contributed by atoms with E-state index in [1.807, 2.05) is 50.2 Å². The van der Waals surface area contributed by atoms with E-state index >= 15 is 0 Å². The van der Waals surface area contributed by atoms with E-state index in [1.54, 1.807) is 9.80 Å². The number of amides is 2. The fourth-order valence-corrected chi connectivity index (χ4v) is 4.68. The maximum absolute atomic E-state index is 13.7. The molecule has 1 aliphatic heterocycles. The van der Waals surface area contributed by atoms with Crippen LogP contribution in [0.5, 0.6) is 0 Å². The Morgan fingerprint density at radius 3 is 2.07 bits per heavy atom. The average molecular weight is 377 g/mol. The predicted molar refractivity (Wildman–Crippen MR) is 110 cm³/mol. The van der Waals surface area contributed by atoms with Crippen LogP contribution in [-0.4, -0.2) is 53.3 Å². The Bertz CT molecular complexity index is 861. The summed E-state index contributed by atoms with van der Waals surface area (Å²) in [6.45, 7) is 5.63. The first-order valence-electron chi connectivity index (χ1n) is 10.1. The number of hydrogen-bond donors (Lipinski definition) is 1. The lowest BCUT2D eigenvalue weighted by Gasteiger charge is -2.31. The molecule has 5 heteroatoms. The lowest BCUT2D eigenvalue weighted by molar-refractivity contribution is -0.143. The first-order chi connectivity index (χ1) is 13.6. The molecular formula is C23H27N3O2. The Morgan fingerprint density at radius 1 is 1.00 bits per heavy atom. The molecule has 28 heavy (non-hydrogen) atoms. The quantitative estimate of drug-likeness (QED) is 0.891. The second kappa shape index (κ2) is 7.40. The number of benzene rings is 2. The van der Waals surface area contributed by atoms with Crippen molar-refractivity contribution in [2.45, 2.75) is 38.3 Å². The normalized spacial score (nSPS) is 20.8. The van der Waals surface area contributed by atoms with Crippen LogP contribution < -0.4 is 5.73 Å². The van der Waals surface area contributed by atoms with Gasteiger partial charge in [0, 0.05) is 25.7 Å². The highest BCUT2D eigenvalue weighted by Gasteiger charge is 2.44. The molecule has 0 unspecified atom stereocenters. The van der Waals surface area contributed by atoms with Crippen molar-refractivity contribution in [2.24, 2.45) is 5.73 Å². The Hall–Kier alpha value is -2.66. The van der Waals surface area contributed by atoms with E-state index in [-0.39, 0.29) is 23.8 Å². The minimum atomic E-state index is -0.470. The summed E-state index contributed by atoms with van der Waals surface area (Å²) in [5.74, 6) is -0.383. The van der Waals surface area contributed by atoms with E-state index in [0.717, 1.165) is 22.3 Å². The van der Waals surface area contributed by atoms with Gasteiger partial charge in [-0.05, 0) is 42.5 Å². The van der Waals surface area contributed by atoms with Crippen LogP contribution in [0, 0.1) is 0 Å². The molecule has 2 aromatic rings. The summed E-state index contributed by atoms with van der Waals surface area (Å²) in [5.41, 5.74) is 10.4. The first kappa shape index (κ1) is 18.7. The number of carbonyl (C=O) groups is 2. The smallest absolute Gasteiger partial charge is 0.245 e. The highest BCUT2D eigenvalue weighted by atomic mass is 16.2. The van der Waals surface area contributed by atoms with Gasteiger partial charge in [-0.1, -0.05) is 48.5 Å². The van der Waals surface area contributed by atoms with Gasteiger partial charge in [0.25, 0.3) is 0 Å². The van der Waals surface area contributed by atoms with E-state index in [1.165, 1.54) is 0 Å². The number of likely N-dealkylation sites (tertiary alicyclic amines) is 1. The Labute approximate surface area is 166 Å². The van der Waals surface area contributed by atoms with E-state index in [4.69, 9.17) is 5.73 Å². The van der Waals surface area contributed by atoms with Gasteiger partial charge in [-0.2, -0.15) is 0 Å². The van der Waals surface area contributed by atoms with Crippen LogP contribution in [0.2, 0.25) is 0 Å². The van der Waals surface area contributed by atoms with Gasteiger partial charge in [0.1, 0.15) is 6.04 Å². The number of fused-ring (bicyclic) bond motifs is 3.